The largest absolute Gasteiger partial charge is 0.352 e. The number of hydrogen-bond acceptors (Lipinski definition) is 2. The van der Waals surface area contributed by atoms with E-state index in [2.05, 4.69) is 10.3 Å². The summed E-state index contributed by atoms with van der Waals surface area (Å²) in [5.74, 6) is -0.740. The molecule has 104 valence electrons. The first-order chi connectivity index (χ1) is 9.59. The number of carbonyl (C=O) groups excluding carboxylic acids is 1. The second kappa shape index (κ2) is 6.14. The zero-order valence-electron chi connectivity index (χ0n) is 11.1. The number of aromatic amines is 1. The van der Waals surface area contributed by atoms with E-state index in [0.29, 0.717) is 17.5 Å². The van der Waals surface area contributed by atoms with Gasteiger partial charge in [0.15, 0.2) is 0 Å². The molecular formula is C15H15FN2O2. The van der Waals surface area contributed by atoms with Gasteiger partial charge in [-0.2, -0.15) is 0 Å². The first-order valence-corrected chi connectivity index (χ1v) is 6.29. The molecule has 0 bridgehead atoms. The van der Waals surface area contributed by atoms with E-state index in [1.165, 1.54) is 12.3 Å². The number of aromatic nitrogens is 1. The van der Waals surface area contributed by atoms with Crippen molar-refractivity contribution in [2.24, 2.45) is 0 Å². The van der Waals surface area contributed by atoms with E-state index in [-0.39, 0.29) is 17.9 Å². The fourth-order valence-corrected chi connectivity index (χ4v) is 1.96. The van der Waals surface area contributed by atoms with E-state index >= 15 is 0 Å². The third-order valence-corrected chi connectivity index (χ3v) is 3.03. The minimum Gasteiger partial charge on any atom is -0.352 e. The molecule has 5 heteroatoms. The Balaban J connectivity index is 2.00. The average molecular weight is 274 g/mol. The summed E-state index contributed by atoms with van der Waals surface area (Å²) in [6.07, 6.45) is 1.87. The zero-order chi connectivity index (χ0) is 14.5. The van der Waals surface area contributed by atoms with Crippen LogP contribution in [-0.4, -0.2) is 17.4 Å². The third-order valence-electron chi connectivity index (χ3n) is 3.03. The Morgan fingerprint density at radius 1 is 1.30 bits per heavy atom. The van der Waals surface area contributed by atoms with Crippen molar-refractivity contribution in [2.75, 3.05) is 6.54 Å². The number of rotatable bonds is 4. The van der Waals surface area contributed by atoms with E-state index in [0.717, 1.165) is 0 Å². The van der Waals surface area contributed by atoms with Gasteiger partial charge in [-0.3, -0.25) is 9.59 Å². The Hall–Kier alpha value is -2.43. The Bertz CT molecular complexity index is 680. The van der Waals surface area contributed by atoms with Crippen molar-refractivity contribution in [3.8, 4) is 0 Å². The number of benzene rings is 1. The van der Waals surface area contributed by atoms with Gasteiger partial charge in [-0.05, 0) is 36.6 Å². The van der Waals surface area contributed by atoms with Crippen LogP contribution >= 0.6 is 0 Å². The summed E-state index contributed by atoms with van der Waals surface area (Å²) in [5, 5.41) is 2.63. The van der Waals surface area contributed by atoms with Crippen molar-refractivity contribution in [3.05, 3.63) is 69.4 Å². The number of amides is 1. The highest BCUT2D eigenvalue weighted by molar-refractivity contribution is 5.95. The van der Waals surface area contributed by atoms with Gasteiger partial charge in [0.05, 0.1) is 0 Å². The van der Waals surface area contributed by atoms with Crippen molar-refractivity contribution in [1.82, 2.24) is 10.3 Å². The van der Waals surface area contributed by atoms with Gasteiger partial charge >= 0.3 is 0 Å². The molecule has 2 rings (SSSR count). The number of halogens is 1. The van der Waals surface area contributed by atoms with Crippen LogP contribution in [0.5, 0.6) is 0 Å². The van der Waals surface area contributed by atoms with Crippen LogP contribution in [0.15, 0.2) is 41.3 Å². The van der Waals surface area contributed by atoms with Crippen LogP contribution in [0.1, 0.15) is 21.5 Å². The van der Waals surface area contributed by atoms with Crippen LogP contribution in [0.3, 0.4) is 0 Å². The Kier molecular flexibility index (Phi) is 4.30. The average Bonchev–Trinajstić information content (AvgIpc) is 2.41. The molecule has 0 saturated heterocycles. The second-order valence-corrected chi connectivity index (χ2v) is 4.46. The molecule has 0 radical (unpaired) electrons. The van der Waals surface area contributed by atoms with Gasteiger partial charge in [0.1, 0.15) is 11.4 Å². The zero-order valence-corrected chi connectivity index (χ0v) is 11.1. The summed E-state index contributed by atoms with van der Waals surface area (Å²) >= 11 is 0. The molecule has 0 aliphatic carbocycles. The molecule has 0 saturated carbocycles. The highest BCUT2D eigenvalue weighted by atomic mass is 19.1. The van der Waals surface area contributed by atoms with Crippen molar-refractivity contribution < 1.29 is 9.18 Å². The van der Waals surface area contributed by atoms with Crippen LogP contribution in [0.25, 0.3) is 0 Å². The van der Waals surface area contributed by atoms with Crippen molar-refractivity contribution in [3.63, 3.8) is 0 Å². The summed E-state index contributed by atoms with van der Waals surface area (Å²) < 4.78 is 13.4. The maximum Gasteiger partial charge on any atom is 0.261 e. The van der Waals surface area contributed by atoms with E-state index in [1.54, 1.807) is 31.2 Å². The Morgan fingerprint density at radius 2 is 2.05 bits per heavy atom. The van der Waals surface area contributed by atoms with Crippen LogP contribution in [0, 0.1) is 12.7 Å². The molecule has 1 amide bonds. The van der Waals surface area contributed by atoms with Crippen LogP contribution in [0.4, 0.5) is 4.39 Å². The standard InChI is InChI=1S/C15H15FN2O2/c1-10-6-8-17-14(19)13(10)15(20)18-9-7-11-4-2-3-5-12(11)16/h2-6,8H,7,9H2,1H3,(H,17,19)(H,18,20). The molecule has 1 aromatic heterocycles. The molecule has 2 N–H and O–H groups in total. The summed E-state index contributed by atoms with van der Waals surface area (Å²) in [5.41, 5.74) is 0.818. The summed E-state index contributed by atoms with van der Waals surface area (Å²) in [4.78, 5) is 26.0. The first-order valence-electron chi connectivity index (χ1n) is 6.29. The summed E-state index contributed by atoms with van der Waals surface area (Å²) in [7, 11) is 0. The Morgan fingerprint density at radius 3 is 2.75 bits per heavy atom. The van der Waals surface area contributed by atoms with Crippen LogP contribution < -0.4 is 10.9 Å². The van der Waals surface area contributed by atoms with Gasteiger partial charge < -0.3 is 10.3 Å². The molecule has 0 fully saturated rings. The molecular weight excluding hydrogens is 259 g/mol. The number of H-pyrrole nitrogens is 1. The first kappa shape index (κ1) is 14.0. The smallest absolute Gasteiger partial charge is 0.261 e. The number of nitrogens with one attached hydrogen (secondary N) is 2. The van der Waals surface area contributed by atoms with Gasteiger partial charge in [0.2, 0.25) is 0 Å². The quantitative estimate of drug-likeness (QED) is 0.893. The van der Waals surface area contributed by atoms with Gasteiger partial charge in [-0.1, -0.05) is 18.2 Å². The van der Waals surface area contributed by atoms with Crippen LogP contribution in [-0.2, 0) is 6.42 Å². The molecule has 0 aliphatic heterocycles. The molecule has 0 atom stereocenters. The Labute approximate surface area is 115 Å². The molecule has 4 nitrogen and oxygen atoms in total. The monoisotopic (exact) mass is 274 g/mol. The summed E-state index contributed by atoms with van der Waals surface area (Å²) in [6.45, 7) is 1.97. The molecule has 0 aliphatic rings. The second-order valence-electron chi connectivity index (χ2n) is 4.46. The van der Waals surface area contributed by atoms with E-state index < -0.39 is 11.5 Å². The lowest BCUT2D eigenvalue weighted by Gasteiger charge is -2.07. The predicted octanol–water partition coefficient (Wildman–Crippen LogP) is 1.79. The third kappa shape index (κ3) is 3.12. The predicted molar refractivity (Wildman–Crippen MR) is 74.2 cm³/mol. The summed E-state index contributed by atoms with van der Waals surface area (Å²) in [6, 6.07) is 8.06. The number of carbonyl (C=O) groups is 1. The van der Waals surface area contributed by atoms with Crippen molar-refractivity contribution in [1.29, 1.82) is 0 Å². The lowest BCUT2D eigenvalue weighted by atomic mass is 10.1. The highest BCUT2D eigenvalue weighted by Gasteiger charge is 2.12. The molecule has 1 heterocycles. The maximum atomic E-state index is 13.4. The van der Waals surface area contributed by atoms with Crippen molar-refractivity contribution >= 4 is 5.91 Å². The van der Waals surface area contributed by atoms with E-state index in [4.69, 9.17) is 0 Å². The lowest BCUT2D eigenvalue weighted by molar-refractivity contribution is 0.0952. The molecule has 0 unspecified atom stereocenters. The fraction of sp³-hybridized carbons (Fsp3) is 0.200. The highest BCUT2D eigenvalue weighted by Crippen LogP contribution is 2.06. The SMILES string of the molecule is Cc1cc[nH]c(=O)c1C(=O)NCCc1ccccc1F. The topological polar surface area (TPSA) is 62.0 Å². The molecule has 20 heavy (non-hydrogen) atoms. The number of pyridine rings is 1. The van der Waals surface area contributed by atoms with Gasteiger partial charge in [-0.15, -0.1) is 0 Å². The fourth-order valence-electron chi connectivity index (χ4n) is 1.96. The van der Waals surface area contributed by atoms with Gasteiger partial charge in [0.25, 0.3) is 11.5 Å². The van der Waals surface area contributed by atoms with Gasteiger partial charge in [-0.25, -0.2) is 4.39 Å². The normalized spacial score (nSPS) is 10.3. The van der Waals surface area contributed by atoms with Crippen molar-refractivity contribution in [2.45, 2.75) is 13.3 Å². The minimum atomic E-state index is -0.444. The van der Waals surface area contributed by atoms with Gasteiger partial charge in [0, 0.05) is 12.7 Å². The lowest BCUT2D eigenvalue weighted by Crippen LogP contribution is -2.32. The number of hydrogen-bond donors (Lipinski definition) is 2. The van der Waals surface area contributed by atoms with E-state index in [9.17, 15) is 14.0 Å². The minimum absolute atomic E-state index is 0.0982. The van der Waals surface area contributed by atoms with E-state index in [1.807, 2.05) is 0 Å². The molecule has 1 aromatic carbocycles. The number of aryl methyl sites for hydroxylation is 1. The molecule has 0 spiro atoms. The van der Waals surface area contributed by atoms with Crippen LogP contribution in [0.2, 0.25) is 0 Å². The maximum absolute atomic E-state index is 13.4. The molecule has 2 aromatic rings.